The molecule has 0 radical (unpaired) electrons. The number of thioether (sulfide) groups is 1. The molecule has 0 aliphatic rings. The van der Waals surface area contributed by atoms with Crippen LogP contribution in [0, 0.1) is 19.3 Å². The van der Waals surface area contributed by atoms with E-state index in [1.807, 2.05) is 19.1 Å². The fraction of sp³-hybridized carbons (Fsp3) is 0.250. The number of terminal acetylenes is 1. The molecule has 0 aliphatic carbocycles. The number of aryl methyl sites for hydroxylation is 1. The Morgan fingerprint density at radius 2 is 2.04 bits per heavy atom. The molecular weight excluding hydrogens is 458 g/mol. The van der Waals surface area contributed by atoms with Gasteiger partial charge in [0.05, 0.1) is 22.5 Å². The number of hydrogen-bond acceptors (Lipinski definition) is 6. The molecule has 0 aliphatic heterocycles. The molecule has 8 heteroatoms. The van der Waals surface area contributed by atoms with Crippen LogP contribution in [0.15, 0.2) is 63.2 Å². The van der Waals surface area contributed by atoms with Crippen LogP contribution in [0.5, 0.6) is 0 Å². The molecule has 1 aromatic heterocycles. The van der Waals surface area contributed by atoms with Crippen molar-refractivity contribution in [3.05, 3.63) is 69.6 Å². The second kappa shape index (κ2) is 11.1. The van der Waals surface area contributed by atoms with Gasteiger partial charge in [0.25, 0.3) is 0 Å². The summed E-state index contributed by atoms with van der Waals surface area (Å²) in [5, 5.41) is 7.23. The average molecular weight is 480 g/mol. The van der Waals surface area contributed by atoms with E-state index in [2.05, 4.69) is 37.5 Å². The quantitative estimate of drug-likeness (QED) is 0.401. The molecule has 1 heterocycles. The van der Waals surface area contributed by atoms with E-state index in [4.69, 9.17) is 6.42 Å². The molecular formula is C20H22BrN3O2S2. The van der Waals surface area contributed by atoms with Gasteiger partial charge in [-0.3, -0.25) is 4.98 Å². The normalized spacial score (nSPS) is 11.7. The minimum atomic E-state index is -3.58. The van der Waals surface area contributed by atoms with Crippen molar-refractivity contribution >= 4 is 37.5 Å². The Kier molecular flexibility index (Phi) is 8.90. The maximum Gasteiger partial charge on any atom is 0.203 e. The van der Waals surface area contributed by atoms with E-state index in [9.17, 15) is 8.42 Å². The van der Waals surface area contributed by atoms with Crippen molar-refractivity contribution in [2.24, 2.45) is 0 Å². The maximum atomic E-state index is 12.6. The van der Waals surface area contributed by atoms with Crippen molar-refractivity contribution in [3.8, 4) is 12.3 Å². The van der Waals surface area contributed by atoms with E-state index in [0.717, 1.165) is 27.2 Å². The zero-order chi connectivity index (χ0) is 20.4. The van der Waals surface area contributed by atoms with Gasteiger partial charge in [0.2, 0.25) is 9.84 Å². The minimum Gasteiger partial charge on any atom is -0.370 e. The molecule has 0 saturated heterocycles. The van der Waals surface area contributed by atoms with Gasteiger partial charge in [-0.1, -0.05) is 23.6 Å². The summed E-state index contributed by atoms with van der Waals surface area (Å²) in [7, 11) is -3.58. The minimum absolute atomic E-state index is 0.232. The zero-order valence-electron chi connectivity index (χ0n) is 15.5. The SMILES string of the molecule is C#CCNC(=CS(=O)(=O)c1ccc(C)cc1)NCCSCc1ncccc1Br. The van der Waals surface area contributed by atoms with Crippen LogP contribution in [-0.4, -0.2) is 32.2 Å². The van der Waals surface area contributed by atoms with Crippen LogP contribution in [0.25, 0.3) is 0 Å². The summed E-state index contributed by atoms with van der Waals surface area (Å²) in [5.41, 5.74) is 1.99. The molecule has 0 bridgehead atoms. The summed E-state index contributed by atoms with van der Waals surface area (Å²) in [4.78, 5) is 4.57. The smallest absolute Gasteiger partial charge is 0.203 e. The van der Waals surface area contributed by atoms with Crippen LogP contribution >= 0.6 is 27.7 Å². The third kappa shape index (κ3) is 7.23. The Hall–Kier alpha value is -1.95. The topological polar surface area (TPSA) is 71.1 Å². The Morgan fingerprint density at radius 1 is 1.29 bits per heavy atom. The number of aromatic nitrogens is 1. The fourth-order valence-corrected chi connectivity index (χ4v) is 4.72. The highest BCUT2D eigenvalue weighted by Gasteiger charge is 2.12. The summed E-state index contributed by atoms with van der Waals surface area (Å²) in [6.45, 7) is 2.73. The van der Waals surface area contributed by atoms with E-state index in [0.29, 0.717) is 12.4 Å². The summed E-state index contributed by atoms with van der Waals surface area (Å²) in [6, 6.07) is 10.6. The van der Waals surface area contributed by atoms with Crippen molar-refractivity contribution in [2.45, 2.75) is 17.6 Å². The van der Waals surface area contributed by atoms with Crippen molar-refractivity contribution in [3.63, 3.8) is 0 Å². The number of rotatable bonds is 10. The first-order valence-electron chi connectivity index (χ1n) is 8.54. The van der Waals surface area contributed by atoms with Crippen LogP contribution in [0.3, 0.4) is 0 Å². The molecule has 2 N–H and O–H groups in total. The highest BCUT2D eigenvalue weighted by molar-refractivity contribution is 9.10. The largest absolute Gasteiger partial charge is 0.370 e. The van der Waals surface area contributed by atoms with E-state index < -0.39 is 9.84 Å². The second-order valence-corrected chi connectivity index (χ2v) is 9.62. The lowest BCUT2D eigenvalue weighted by Gasteiger charge is -2.12. The molecule has 0 unspecified atom stereocenters. The first kappa shape index (κ1) is 22.3. The van der Waals surface area contributed by atoms with E-state index in [1.54, 1.807) is 42.2 Å². The number of hydrogen-bond donors (Lipinski definition) is 2. The summed E-state index contributed by atoms with van der Waals surface area (Å²) in [6.07, 6.45) is 7.05. The highest BCUT2D eigenvalue weighted by atomic mass is 79.9. The molecule has 28 heavy (non-hydrogen) atoms. The molecule has 0 atom stereocenters. The van der Waals surface area contributed by atoms with Crippen molar-refractivity contribution in [1.82, 2.24) is 15.6 Å². The lowest BCUT2D eigenvalue weighted by atomic mass is 10.2. The zero-order valence-corrected chi connectivity index (χ0v) is 18.7. The third-order valence-corrected chi connectivity index (χ3v) is 6.81. The molecule has 0 saturated carbocycles. The average Bonchev–Trinajstić information content (AvgIpc) is 2.67. The molecule has 5 nitrogen and oxygen atoms in total. The summed E-state index contributed by atoms with van der Waals surface area (Å²) >= 11 is 5.18. The van der Waals surface area contributed by atoms with Crippen molar-refractivity contribution in [1.29, 1.82) is 0 Å². The van der Waals surface area contributed by atoms with Gasteiger partial charge in [-0.2, -0.15) is 11.8 Å². The van der Waals surface area contributed by atoms with Gasteiger partial charge in [0.15, 0.2) is 0 Å². The number of nitrogens with zero attached hydrogens (tertiary/aromatic N) is 1. The highest BCUT2D eigenvalue weighted by Crippen LogP contribution is 2.19. The predicted molar refractivity (Wildman–Crippen MR) is 119 cm³/mol. The van der Waals surface area contributed by atoms with Gasteiger partial charge in [-0.25, -0.2) is 8.42 Å². The molecule has 0 fully saturated rings. The Labute approximate surface area is 179 Å². The summed E-state index contributed by atoms with van der Waals surface area (Å²) in [5.74, 6) is 4.39. The second-order valence-electron chi connectivity index (χ2n) is 5.86. The van der Waals surface area contributed by atoms with Gasteiger partial charge in [0, 0.05) is 28.7 Å². The molecule has 2 aromatic rings. The lowest BCUT2D eigenvalue weighted by molar-refractivity contribution is 0.603. The predicted octanol–water partition coefficient (Wildman–Crippen LogP) is 3.47. The van der Waals surface area contributed by atoms with Gasteiger partial charge in [-0.05, 0) is 47.1 Å². The number of halogens is 1. The summed E-state index contributed by atoms with van der Waals surface area (Å²) < 4.78 is 26.2. The maximum absolute atomic E-state index is 12.6. The van der Waals surface area contributed by atoms with E-state index in [1.165, 1.54) is 5.41 Å². The van der Waals surface area contributed by atoms with Gasteiger partial charge < -0.3 is 10.6 Å². The Bertz CT molecular complexity index is 952. The number of nitrogens with one attached hydrogen (secondary N) is 2. The molecule has 0 spiro atoms. The van der Waals surface area contributed by atoms with Crippen LogP contribution in [0.1, 0.15) is 11.3 Å². The molecule has 2 rings (SSSR count). The van der Waals surface area contributed by atoms with Gasteiger partial charge in [0.1, 0.15) is 5.82 Å². The van der Waals surface area contributed by atoms with Gasteiger partial charge in [-0.15, -0.1) is 6.42 Å². The molecule has 1 aromatic carbocycles. The molecule has 0 amide bonds. The molecule has 148 valence electrons. The third-order valence-electron chi connectivity index (χ3n) is 3.64. The van der Waals surface area contributed by atoms with Crippen LogP contribution < -0.4 is 10.6 Å². The van der Waals surface area contributed by atoms with E-state index in [-0.39, 0.29) is 11.4 Å². The van der Waals surface area contributed by atoms with Crippen molar-refractivity contribution < 1.29 is 8.42 Å². The standard InChI is InChI=1S/C20H22BrN3O2S2/c1-3-10-23-20(15-28(25,26)17-8-6-16(2)7-9-17)24-12-13-27-14-19-18(21)5-4-11-22-19/h1,4-9,11,15,23-24H,10,12-14H2,2H3. The van der Waals surface area contributed by atoms with Crippen LogP contribution in [0.2, 0.25) is 0 Å². The van der Waals surface area contributed by atoms with Crippen LogP contribution in [-0.2, 0) is 15.6 Å². The fourth-order valence-electron chi connectivity index (χ4n) is 2.19. The van der Waals surface area contributed by atoms with Crippen LogP contribution in [0.4, 0.5) is 0 Å². The Balaban J connectivity index is 1.95. The van der Waals surface area contributed by atoms with E-state index >= 15 is 0 Å². The number of pyridine rings is 1. The van der Waals surface area contributed by atoms with Gasteiger partial charge >= 0.3 is 0 Å². The monoisotopic (exact) mass is 479 g/mol. The Morgan fingerprint density at radius 3 is 2.71 bits per heavy atom. The number of benzene rings is 1. The lowest BCUT2D eigenvalue weighted by Crippen LogP contribution is -2.29. The number of sulfone groups is 1. The van der Waals surface area contributed by atoms with Crippen molar-refractivity contribution in [2.75, 3.05) is 18.8 Å². The first-order valence-corrected chi connectivity index (χ1v) is 12.0. The first-order chi connectivity index (χ1) is 13.4.